The number of benzene rings is 2. The van der Waals surface area contributed by atoms with Crippen molar-refractivity contribution in [2.45, 2.75) is 20.4 Å². The van der Waals surface area contributed by atoms with Gasteiger partial charge in [-0.15, -0.1) is 0 Å². The third-order valence-corrected chi connectivity index (χ3v) is 5.72. The van der Waals surface area contributed by atoms with Crippen molar-refractivity contribution >= 4 is 33.4 Å². The molecule has 8 nitrogen and oxygen atoms in total. The second-order valence-corrected chi connectivity index (χ2v) is 7.63. The van der Waals surface area contributed by atoms with Crippen LogP contribution in [0.3, 0.4) is 0 Å². The molecule has 0 saturated carbocycles. The Bertz CT molecular complexity index is 1200. The minimum absolute atomic E-state index is 0.140. The van der Waals surface area contributed by atoms with Crippen LogP contribution in [0.25, 0.3) is 10.2 Å². The molecule has 2 aromatic carbocycles. The molecule has 0 aliphatic carbocycles. The van der Waals surface area contributed by atoms with Crippen LogP contribution < -0.4 is 14.3 Å². The Kier molecular flexibility index (Phi) is 6.34. The van der Waals surface area contributed by atoms with Crippen molar-refractivity contribution in [1.82, 2.24) is 4.57 Å². The first-order valence-electron chi connectivity index (χ1n) is 9.97. The molecular weight excluding hydrogens is 420 g/mol. The van der Waals surface area contributed by atoms with Crippen molar-refractivity contribution in [2.75, 3.05) is 26.6 Å². The van der Waals surface area contributed by atoms with E-state index in [2.05, 4.69) is 4.99 Å². The summed E-state index contributed by atoms with van der Waals surface area (Å²) in [5, 5.41) is 0. The molecule has 1 aromatic heterocycles. The summed E-state index contributed by atoms with van der Waals surface area (Å²) in [4.78, 5) is 29.8. The summed E-state index contributed by atoms with van der Waals surface area (Å²) >= 11 is 1.34. The molecule has 0 spiro atoms. The lowest BCUT2D eigenvalue weighted by Crippen LogP contribution is -2.19. The number of thiazole rings is 1. The fourth-order valence-electron chi connectivity index (χ4n) is 3.20. The smallest absolute Gasteiger partial charge is 0.338 e. The predicted octanol–water partition coefficient (Wildman–Crippen LogP) is 3.39. The molecule has 9 heteroatoms. The van der Waals surface area contributed by atoms with Crippen molar-refractivity contribution in [3.05, 3.63) is 52.3 Å². The maximum Gasteiger partial charge on any atom is 0.338 e. The predicted molar refractivity (Wildman–Crippen MR) is 115 cm³/mol. The number of nitrogens with zero attached hydrogens (tertiary/aromatic N) is 2. The molecule has 0 radical (unpaired) electrons. The van der Waals surface area contributed by atoms with Gasteiger partial charge in [-0.3, -0.25) is 4.79 Å². The van der Waals surface area contributed by atoms with Crippen LogP contribution >= 0.6 is 11.3 Å². The highest BCUT2D eigenvalue weighted by Gasteiger charge is 2.17. The molecule has 3 aromatic rings. The highest BCUT2D eigenvalue weighted by molar-refractivity contribution is 7.16. The minimum Gasteiger partial charge on any atom is -0.462 e. The average molecular weight is 442 g/mol. The molecule has 1 aliphatic rings. The molecule has 162 valence electrons. The van der Waals surface area contributed by atoms with Crippen molar-refractivity contribution in [3.63, 3.8) is 0 Å². The molecule has 0 bridgehead atoms. The van der Waals surface area contributed by atoms with Crippen molar-refractivity contribution in [2.24, 2.45) is 4.99 Å². The van der Waals surface area contributed by atoms with E-state index in [9.17, 15) is 9.59 Å². The fourth-order valence-corrected chi connectivity index (χ4v) is 4.29. The van der Waals surface area contributed by atoms with E-state index in [0.29, 0.717) is 53.8 Å². The van der Waals surface area contributed by atoms with Gasteiger partial charge in [-0.1, -0.05) is 11.3 Å². The highest BCUT2D eigenvalue weighted by atomic mass is 32.1. The lowest BCUT2D eigenvalue weighted by atomic mass is 10.2. The Morgan fingerprint density at radius 1 is 1.06 bits per heavy atom. The largest absolute Gasteiger partial charge is 0.462 e. The van der Waals surface area contributed by atoms with E-state index in [4.69, 9.17) is 18.9 Å². The zero-order valence-electron chi connectivity index (χ0n) is 17.3. The number of carbonyl (C=O) groups is 2. The molecule has 31 heavy (non-hydrogen) atoms. The summed E-state index contributed by atoms with van der Waals surface area (Å²) in [7, 11) is 0. The normalized spacial score (nSPS) is 13.0. The Morgan fingerprint density at radius 3 is 2.68 bits per heavy atom. The quantitative estimate of drug-likeness (QED) is 0.412. The first-order chi connectivity index (χ1) is 15.1. The van der Waals surface area contributed by atoms with Crippen molar-refractivity contribution < 1.29 is 28.5 Å². The summed E-state index contributed by atoms with van der Waals surface area (Å²) in [6.07, 6.45) is 0. The Labute approximate surface area is 182 Å². The Morgan fingerprint density at radius 2 is 1.87 bits per heavy atom. The van der Waals surface area contributed by atoms with E-state index in [0.717, 1.165) is 10.2 Å². The van der Waals surface area contributed by atoms with Gasteiger partial charge in [0.1, 0.15) is 0 Å². The first kappa shape index (κ1) is 21.1. The molecule has 0 fully saturated rings. The third-order valence-electron chi connectivity index (χ3n) is 4.67. The molecule has 0 N–H and O–H groups in total. The number of rotatable bonds is 7. The SMILES string of the molecule is CCOCCn1c(=NC(=O)c2ccc3c(c2)OCO3)sc2cc(C(=O)OCC)ccc21. The van der Waals surface area contributed by atoms with Crippen LogP contribution in [0.15, 0.2) is 41.4 Å². The van der Waals surface area contributed by atoms with E-state index in [1.54, 1.807) is 37.3 Å². The highest BCUT2D eigenvalue weighted by Crippen LogP contribution is 2.32. The van der Waals surface area contributed by atoms with Crippen LogP contribution in [-0.2, 0) is 16.0 Å². The van der Waals surface area contributed by atoms with Gasteiger partial charge in [0.25, 0.3) is 5.91 Å². The molecule has 0 saturated heterocycles. The van der Waals surface area contributed by atoms with Crippen LogP contribution in [-0.4, -0.2) is 43.1 Å². The lowest BCUT2D eigenvalue weighted by molar-refractivity contribution is 0.0526. The summed E-state index contributed by atoms with van der Waals surface area (Å²) in [5.41, 5.74) is 1.74. The van der Waals surface area contributed by atoms with Gasteiger partial charge in [-0.25, -0.2) is 4.79 Å². The number of esters is 1. The van der Waals surface area contributed by atoms with Crippen LogP contribution in [0.4, 0.5) is 0 Å². The van der Waals surface area contributed by atoms with Gasteiger partial charge in [0.2, 0.25) is 6.79 Å². The van der Waals surface area contributed by atoms with Gasteiger partial charge < -0.3 is 23.5 Å². The van der Waals surface area contributed by atoms with Crippen LogP contribution in [0, 0.1) is 0 Å². The number of hydrogen-bond acceptors (Lipinski definition) is 7. The minimum atomic E-state index is -0.388. The molecule has 2 heterocycles. The van der Waals surface area contributed by atoms with Gasteiger partial charge in [-0.2, -0.15) is 4.99 Å². The maximum atomic E-state index is 12.9. The van der Waals surface area contributed by atoms with Crippen LogP contribution in [0.1, 0.15) is 34.6 Å². The second-order valence-electron chi connectivity index (χ2n) is 6.62. The summed E-state index contributed by atoms with van der Waals surface area (Å²) in [6.45, 7) is 5.74. The van der Waals surface area contributed by atoms with Gasteiger partial charge >= 0.3 is 5.97 Å². The number of ether oxygens (including phenoxy) is 4. The second kappa shape index (κ2) is 9.32. The summed E-state index contributed by atoms with van der Waals surface area (Å²) in [5.74, 6) is 0.367. The van der Waals surface area contributed by atoms with E-state index in [1.807, 2.05) is 17.6 Å². The van der Waals surface area contributed by atoms with E-state index >= 15 is 0 Å². The number of carbonyl (C=O) groups excluding carboxylic acids is 2. The van der Waals surface area contributed by atoms with Crippen LogP contribution in [0.2, 0.25) is 0 Å². The Balaban J connectivity index is 1.74. The van der Waals surface area contributed by atoms with Gasteiger partial charge in [0, 0.05) is 18.7 Å². The first-order valence-corrected chi connectivity index (χ1v) is 10.8. The lowest BCUT2D eigenvalue weighted by Gasteiger charge is -2.06. The molecule has 4 rings (SSSR count). The summed E-state index contributed by atoms with van der Waals surface area (Å²) < 4.78 is 24.0. The number of hydrogen-bond donors (Lipinski definition) is 0. The molecular formula is C22H22N2O6S. The number of aromatic nitrogens is 1. The van der Waals surface area contributed by atoms with E-state index in [-0.39, 0.29) is 18.7 Å². The molecule has 0 atom stereocenters. The van der Waals surface area contributed by atoms with E-state index < -0.39 is 0 Å². The van der Waals surface area contributed by atoms with Crippen molar-refractivity contribution in [3.8, 4) is 11.5 Å². The maximum absolute atomic E-state index is 12.9. The third kappa shape index (κ3) is 4.47. The fraction of sp³-hybridized carbons (Fsp3) is 0.318. The van der Waals surface area contributed by atoms with Crippen molar-refractivity contribution in [1.29, 1.82) is 0 Å². The number of fused-ring (bicyclic) bond motifs is 2. The zero-order valence-corrected chi connectivity index (χ0v) is 18.1. The standard InChI is InChI=1S/C22H22N2O6S/c1-3-27-10-9-24-16-7-5-15(21(26)28-4-2)12-19(16)31-22(24)23-20(25)14-6-8-17-18(11-14)30-13-29-17/h5-8,11-12H,3-4,9-10,13H2,1-2H3. The molecule has 1 amide bonds. The van der Waals surface area contributed by atoms with E-state index in [1.165, 1.54) is 11.3 Å². The Hall–Kier alpha value is -3.17. The van der Waals surface area contributed by atoms with Crippen LogP contribution in [0.5, 0.6) is 11.5 Å². The number of amides is 1. The summed E-state index contributed by atoms with van der Waals surface area (Å²) in [6, 6.07) is 10.3. The molecule has 1 aliphatic heterocycles. The van der Waals surface area contributed by atoms with Gasteiger partial charge in [0.05, 0.1) is 29.0 Å². The van der Waals surface area contributed by atoms with Gasteiger partial charge in [0.15, 0.2) is 16.3 Å². The zero-order chi connectivity index (χ0) is 21.8. The molecule has 0 unspecified atom stereocenters. The van der Waals surface area contributed by atoms with Gasteiger partial charge in [-0.05, 0) is 50.2 Å². The average Bonchev–Trinajstić information content (AvgIpc) is 3.37. The monoisotopic (exact) mass is 442 g/mol. The topological polar surface area (TPSA) is 88.4 Å².